The van der Waals surface area contributed by atoms with Gasteiger partial charge in [-0.1, -0.05) is 25.0 Å². The number of benzene rings is 1. The molecule has 142 valence electrons. The molecule has 0 aliphatic carbocycles. The van der Waals surface area contributed by atoms with Crippen molar-refractivity contribution in [3.63, 3.8) is 0 Å². The molecule has 1 aromatic carbocycles. The van der Waals surface area contributed by atoms with Crippen LogP contribution in [0.5, 0.6) is 0 Å². The van der Waals surface area contributed by atoms with E-state index in [2.05, 4.69) is 16.0 Å². The van der Waals surface area contributed by atoms with Crippen molar-refractivity contribution in [2.45, 2.75) is 64.5 Å². The maximum Gasteiger partial charge on any atom is 0.408 e. The van der Waals surface area contributed by atoms with Gasteiger partial charge in [0.2, 0.25) is 11.8 Å². The van der Waals surface area contributed by atoms with E-state index in [1.54, 1.807) is 45.0 Å². The van der Waals surface area contributed by atoms with Crippen molar-refractivity contribution in [2.24, 2.45) is 0 Å². The van der Waals surface area contributed by atoms with Crippen molar-refractivity contribution in [3.05, 3.63) is 24.3 Å². The van der Waals surface area contributed by atoms with Gasteiger partial charge in [-0.15, -0.1) is 0 Å². The zero-order valence-electron chi connectivity index (χ0n) is 15.6. The summed E-state index contributed by atoms with van der Waals surface area (Å²) in [6.45, 7) is 5.31. The molecule has 0 saturated heterocycles. The fourth-order valence-electron chi connectivity index (χ4n) is 2.66. The third-order valence-corrected chi connectivity index (χ3v) is 3.86. The number of para-hydroxylation sites is 2. The third kappa shape index (κ3) is 6.38. The number of carbonyl (C=O) groups excluding carboxylic acids is 3. The molecule has 0 unspecified atom stereocenters. The van der Waals surface area contributed by atoms with Crippen LogP contribution in [0.1, 0.15) is 52.9 Å². The summed E-state index contributed by atoms with van der Waals surface area (Å²) in [6.07, 6.45) is 2.54. The van der Waals surface area contributed by atoms with Crippen LogP contribution < -0.4 is 16.0 Å². The molecule has 3 N–H and O–H groups in total. The van der Waals surface area contributed by atoms with Gasteiger partial charge in [0, 0.05) is 6.42 Å². The minimum absolute atomic E-state index is 0.0734. The smallest absolute Gasteiger partial charge is 0.408 e. The summed E-state index contributed by atoms with van der Waals surface area (Å²) in [5.74, 6) is -0.408. The first-order chi connectivity index (χ1) is 12.2. The van der Waals surface area contributed by atoms with Crippen LogP contribution in [0, 0.1) is 0 Å². The Labute approximate surface area is 153 Å². The molecule has 1 atom stereocenters. The number of alkyl carbamates (subject to hydrolysis) is 1. The predicted molar refractivity (Wildman–Crippen MR) is 99.9 cm³/mol. The molecule has 7 heteroatoms. The molecule has 1 aliphatic heterocycles. The third-order valence-electron chi connectivity index (χ3n) is 3.86. The first-order valence-corrected chi connectivity index (χ1v) is 8.94. The van der Waals surface area contributed by atoms with Crippen LogP contribution in [0.15, 0.2) is 24.3 Å². The highest BCUT2D eigenvalue weighted by atomic mass is 16.6. The predicted octanol–water partition coefficient (Wildman–Crippen LogP) is 3.42. The molecule has 7 nitrogen and oxygen atoms in total. The molecule has 0 spiro atoms. The van der Waals surface area contributed by atoms with E-state index in [0.29, 0.717) is 24.2 Å². The average Bonchev–Trinajstić information content (AvgIpc) is 2.52. The molecule has 1 heterocycles. The number of amides is 3. The molecule has 0 fully saturated rings. The van der Waals surface area contributed by atoms with Gasteiger partial charge in [-0.25, -0.2) is 4.79 Å². The number of fused-ring (bicyclic) bond motifs is 1. The normalized spacial score (nSPS) is 19.1. The van der Waals surface area contributed by atoms with Crippen molar-refractivity contribution in [3.8, 4) is 0 Å². The number of ether oxygens (including phenoxy) is 1. The molecule has 2 rings (SSSR count). The number of nitrogens with one attached hydrogen (secondary N) is 3. The standard InChI is InChI=1S/C19H27N3O4/c1-19(2,3)26-18(25)22-15-11-5-4-6-12-16(23)20-13-9-7-8-10-14(13)21-17(15)24/h7-10,15H,4-6,11-12H2,1-3H3,(H,20,23)(H,21,24)(H,22,25)/t15-/m0/s1. The summed E-state index contributed by atoms with van der Waals surface area (Å²) in [5, 5.41) is 8.27. The maximum absolute atomic E-state index is 12.7. The molecule has 0 radical (unpaired) electrons. The van der Waals surface area contributed by atoms with E-state index in [-0.39, 0.29) is 11.8 Å². The Morgan fingerprint density at radius 1 is 1.08 bits per heavy atom. The Morgan fingerprint density at radius 2 is 1.73 bits per heavy atom. The van der Waals surface area contributed by atoms with Crippen molar-refractivity contribution in [2.75, 3.05) is 10.6 Å². The molecule has 0 bridgehead atoms. The van der Waals surface area contributed by atoms with Crippen LogP contribution in [0.2, 0.25) is 0 Å². The van der Waals surface area contributed by atoms with Gasteiger partial charge in [0.05, 0.1) is 11.4 Å². The molecule has 1 aliphatic rings. The molecule has 0 aromatic heterocycles. The lowest BCUT2D eigenvalue weighted by Crippen LogP contribution is -2.45. The van der Waals surface area contributed by atoms with E-state index >= 15 is 0 Å². The highest BCUT2D eigenvalue weighted by Crippen LogP contribution is 2.23. The average molecular weight is 361 g/mol. The SMILES string of the molecule is CC(C)(C)OC(=O)N[C@H]1CCCCCC(=O)Nc2ccccc2NC1=O. The van der Waals surface area contributed by atoms with Gasteiger partial charge in [-0.2, -0.15) is 0 Å². The van der Waals surface area contributed by atoms with Gasteiger partial charge in [0.1, 0.15) is 11.6 Å². The Morgan fingerprint density at radius 3 is 2.38 bits per heavy atom. The molecule has 1 aromatic rings. The van der Waals surface area contributed by atoms with Crippen LogP contribution in [-0.2, 0) is 14.3 Å². The van der Waals surface area contributed by atoms with Gasteiger partial charge >= 0.3 is 6.09 Å². The zero-order valence-corrected chi connectivity index (χ0v) is 15.6. The first kappa shape index (κ1) is 19.8. The Bertz CT molecular complexity index is 667. The van der Waals surface area contributed by atoms with E-state index in [4.69, 9.17) is 4.74 Å². The molecular formula is C19H27N3O4. The van der Waals surface area contributed by atoms with Crippen LogP contribution in [0.4, 0.5) is 16.2 Å². The van der Waals surface area contributed by atoms with Crippen LogP contribution in [0.3, 0.4) is 0 Å². The van der Waals surface area contributed by atoms with Gasteiger partial charge in [-0.3, -0.25) is 9.59 Å². The lowest BCUT2D eigenvalue weighted by Gasteiger charge is -2.24. The van der Waals surface area contributed by atoms with Crippen LogP contribution in [0.25, 0.3) is 0 Å². The molecule has 0 saturated carbocycles. The Hall–Kier alpha value is -2.57. The summed E-state index contributed by atoms with van der Waals surface area (Å²) in [7, 11) is 0. The summed E-state index contributed by atoms with van der Waals surface area (Å²) in [6, 6.07) is 6.30. The monoisotopic (exact) mass is 361 g/mol. The zero-order chi connectivity index (χ0) is 19.2. The Balaban J connectivity index is 2.16. The second kappa shape index (κ2) is 8.69. The fourth-order valence-corrected chi connectivity index (χ4v) is 2.66. The van der Waals surface area contributed by atoms with E-state index in [1.165, 1.54) is 0 Å². The topological polar surface area (TPSA) is 96.5 Å². The van der Waals surface area contributed by atoms with E-state index in [9.17, 15) is 14.4 Å². The summed E-state index contributed by atoms with van der Waals surface area (Å²) in [5.41, 5.74) is 0.410. The number of carbonyl (C=O) groups is 3. The summed E-state index contributed by atoms with van der Waals surface area (Å²) >= 11 is 0. The summed E-state index contributed by atoms with van der Waals surface area (Å²) < 4.78 is 5.26. The molecule has 3 amide bonds. The van der Waals surface area contributed by atoms with Crippen molar-refractivity contribution in [1.82, 2.24) is 5.32 Å². The van der Waals surface area contributed by atoms with Crippen molar-refractivity contribution < 1.29 is 19.1 Å². The van der Waals surface area contributed by atoms with Gasteiger partial charge in [0.15, 0.2) is 0 Å². The number of hydrogen-bond acceptors (Lipinski definition) is 4. The lowest BCUT2D eigenvalue weighted by atomic mass is 10.1. The number of anilines is 2. The molecule has 26 heavy (non-hydrogen) atoms. The van der Waals surface area contributed by atoms with Gasteiger partial charge < -0.3 is 20.7 Å². The quantitative estimate of drug-likeness (QED) is 0.714. The first-order valence-electron chi connectivity index (χ1n) is 8.94. The minimum Gasteiger partial charge on any atom is -0.444 e. The van der Waals surface area contributed by atoms with E-state index in [1.807, 2.05) is 0 Å². The van der Waals surface area contributed by atoms with Crippen LogP contribution in [-0.4, -0.2) is 29.6 Å². The number of hydrogen-bond donors (Lipinski definition) is 3. The highest BCUT2D eigenvalue weighted by molar-refractivity contribution is 6.02. The van der Waals surface area contributed by atoms with Gasteiger partial charge in [-0.05, 0) is 45.7 Å². The number of rotatable bonds is 1. The van der Waals surface area contributed by atoms with E-state index in [0.717, 1.165) is 19.3 Å². The highest BCUT2D eigenvalue weighted by Gasteiger charge is 2.25. The second-order valence-electron chi connectivity index (χ2n) is 7.38. The van der Waals surface area contributed by atoms with E-state index < -0.39 is 17.7 Å². The largest absolute Gasteiger partial charge is 0.444 e. The molecular weight excluding hydrogens is 334 g/mol. The van der Waals surface area contributed by atoms with Crippen molar-refractivity contribution in [1.29, 1.82) is 0 Å². The fraction of sp³-hybridized carbons (Fsp3) is 0.526. The Kier molecular flexibility index (Phi) is 6.60. The van der Waals surface area contributed by atoms with Crippen molar-refractivity contribution >= 4 is 29.3 Å². The van der Waals surface area contributed by atoms with Crippen LogP contribution >= 0.6 is 0 Å². The lowest BCUT2D eigenvalue weighted by molar-refractivity contribution is -0.118. The minimum atomic E-state index is -0.701. The second-order valence-corrected chi connectivity index (χ2v) is 7.38. The maximum atomic E-state index is 12.7. The van der Waals surface area contributed by atoms with Gasteiger partial charge in [0.25, 0.3) is 0 Å². The summed E-state index contributed by atoms with van der Waals surface area (Å²) in [4.78, 5) is 36.7.